The Morgan fingerprint density at radius 1 is 1.32 bits per heavy atom. The third-order valence-corrected chi connectivity index (χ3v) is 3.02. The molecule has 0 aliphatic heterocycles. The van der Waals surface area contributed by atoms with E-state index in [1.165, 1.54) is 19.2 Å². The van der Waals surface area contributed by atoms with Gasteiger partial charge in [0.15, 0.2) is 0 Å². The first-order chi connectivity index (χ1) is 8.95. The molecule has 0 aliphatic rings. The monoisotopic (exact) mass is 262 g/mol. The Kier molecular flexibility index (Phi) is 3.38. The molecule has 1 N–H and O–H groups in total. The minimum absolute atomic E-state index is 0.293. The van der Waals surface area contributed by atoms with Gasteiger partial charge in [0, 0.05) is 0 Å². The number of hydrogen-bond donors (Lipinski definition) is 1. The van der Waals surface area contributed by atoms with Crippen LogP contribution in [-0.4, -0.2) is 23.0 Å². The molecule has 0 atom stereocenters. The van der Waals surface area contributed by atoms with E-state index in [0.717, 1.165) is 11.3 Å². The fraction of sp³-hybridized carbons (Fsp3) is 0.286. The summed E-state index contributed by atoms with van der Waals surface area (Å²) in [5.41, 5.74) is 0.681. The normalized spacial score (nSPS) is 11.4. The van der Waals surface area contributed by atoms with Crippen LogP contribution < -0.4 is 0 Å². The zero-order valence-electron chi connectivity index (χ0n) is 11.0. The highest BCUT2D eigenvalue weighted by Crippen LogP contribution is 2.25. The van der Waals surface area contributed by atoms with Crippen molar-refractivity contribution in [2.45, 2.75) is 19.3 Å². The van der Waals surface area contributed by atoms with Crippen LogP contribution in [0.2, 0.25) is 0 Å². The van der Waals surface area contributed by atoms with Gasteiger partial charge in [-0.3, -0.25) is 4.79 Å². The van der Waals surface area contributed by atoms with Crippen LogP contribution in [0.25, 0.3) is 11.3 Å². The summed E-state index contributed by atoms with van der Waals surface area (Å²) in [6, 6.07) is 6.05. The van der Waals surface area contributed by atoms with Crippen molar-refractivity contribution < 1.29 is 13.9 Å². The van der Waals surface area contributed by atoms with Gasteiger partial charge in [-0.25, -0.2) is 9.37 Å². The molecule has 0 amide bonds. The smallest absolute Gasteiger partial charge is 0.318 e. The summed E-state index contributed by atoms with van der Waals surface area (Å²) < 4.78 is 17.6. The number of esters is 1. The predicted molar refractivity (Wildman–Crippen MR) is 69.0 cm³/mol. The van der Waals surface area contributed by atoms with Crippen LogP contribution in [0.5, 0.6) is 0 Å². The lowest BCUT2D eigenvalue weighted by molar-refractivity contribution is -0.146. The number of aromatic nitrogens is 2. The third-order valence-electron chi connectivity index (χ3n) is 3.02. The van der Waals surface area contributed by atoms with Crippen LogP contribution in [0.4, 0.5) is 4.39 Å². The average molecular weight is 262 g/mol. The highest BCUT2D eigenvalue weighted by atomic mass is 19.1. The van der Waals surface area contributed by atoms with Crippen molar-refractivity contribution >= 4 is 5.97 Å². The molecule has 0 saturated carbocycles. The Morgan fingerprint density at radius 3 is 2.53 bits per heavy atom. The van der Waals surface area contributed by atoms with Gasteiger partial charge in [0.25, 0.3) is 0 Å². The molecule has 0 saturated heterocycles. The van der Waals surface area contributed by atoms with E-state index in [1.54, 1.807) is 32.2 Å². The number of carbonyl (C=O) groups excluding carboxylic acids is 1. The highest BCUT2D eigenvalue weighted by Gasteiger charge is 2.34. The number of methoxy groups -OCH3 is 1. The van der Waals surface area contributed by atoms with Crippen LogP contribution in [-0.2, 0) is 14.9 Å². The van der Waals surface area contributed by atoms with Crippen molar-refractivity contribution in [3.05, 3.63) is 42.1 Å². The molecule has 1 aromatic heterocycles. The van der Waals surface area contributed by atoms with Crippen LogP contribution in [0.15, 0.2) is 30.5 Å². The molecule has 5 heteroatoms. The molecule has 0 aliphatic carbocycles. The summed E-state index contributed by atoms with van der Waals surface area (Å²) in [6.07, 6.45) is 1.62. The molecule has 2 rings (SSSR count). The van der Waals surface area contributed by atoms with Gasteiger partial charge in [-0.15, -0.1) is 0 Å². The molecule has 2 aromatic rings. The fourth-order valence-electron chi connectivity index (χ4n) is 1.77. The first kappa shape index (κ1) is 13.3. The largest absolute Gasteiger partial charge is 0.468 e. The zero-order valence-corrected chi connectivity index (χ0v) is 11.0. The molecule has 0 spiro atoms. The van der Waals surface area contributed by atoms with Crippen molar-refractivity contribution in [2.75, 3.05) is 7.11 Å². The maximum atomic E-state index is 12.9. The Morgan fingerprint density at radius 2 is 1.95 bits per heavy atom. The highest BCUT2D eigenvalue weighted by molar-refractivity contribution is 5.81. The van der Waals surface area contributed by atoms with E-state index in [4.69, 9.17) is 4.74 Å². The lowest BCUT2D eigenvalue weighted by atomic mass is 9.93. The number of rotatable bonds is 3. The minimum atomic E-state index is -0.854. The van der Waals surface area contributed by atoms with Gasteiger partial charge in [0.2, 0.25) is 0 Å². The molecule has 0 unspecified atom stereocenters. The molecule has 4 nitrogen and oxygen atoms in total. The molecule has 1 aromatic carbocycles. The van der Waals surface area contributed by atoms with Gasteiger partial charge in [0.1, 0.15) is 17.1 Å². The minimum Gasteiger partial charge on any atom is -0.468 e. The van der Waals surface area contributed by atoms with Crippen LogP contribution in [0.3, 0.4) is 0 Å². The van der Waals surface area contributed by atoms with E-state index in [2.05, 4.69) is 9.97 Å². The van der Waals surface area contributed by atoms with Crippen molar-refractivity contribution in [3.8, 4) is 11.3 Å². The fourth-order valence-corrected chi connectivity index (χ4v) is 1.77. The number of ether oxygens (including phenoxy) is 1. The molecule has 1 heterocycles. The SMILES string of the molecule is COC(=O)C(C)(C)c1ncc(-c2ccc(F)cc2)[nH]1. The second-order valence-electron chi connectivity index (χ2n) is 4.77. The van der Waals surface area contributed by atoms with Gasteiger partial charge in [-0.1, -0.05) is 0 Å². The number of aromatic amines is 1. The average Bonchev–Trinajstić information content (AvgIpc) is 2.88. The van der Waals surface area contributed by atoms with Crippen molar-refractivity contribution in [1.82, 2.24) is 9.97 Å². The van der Waals surface area contributed by atoms with Gasteiger partial charge in [-0.05, 0) is 43.7 Å². The van der Waals surface area contributed by atoms with Gasteiger partial charge in [-0.2, -0.15) is 0 Å². The van der Waals surface area contributed by atoms with E-state index in [0.29, 0.717) is 5.82 Å². The van der Waals surface area contributed by atoms with Crippen LogP contribution in [0, 0.1) is 5.82 Å². The maximum Gasteiger partial charge on any atom is 0.318 e. The predicted octanol–water partition coefficient (Wildman–Crippen LogP) is 2.67. The number of nitrogens with one attached hydrogen (secondary N) is 1. The van der Waals surface area contributed by atoms with E-state index in [-0.39, 0.29) is 11.8 Å². The van der Waals surface area contributed by atoms with Gasteiger partial charge < -0.3 is 9.72 Å². The van der Waals surface area contributed by atoms with E-state index >= 15 is 0 Å². The number of benzene rings is 1. The summed E-state index contributed by atoms with van der Waals surface area (Å²) in [5.74, 6) is -0.149. The standard InChI is InChI=1S/C14H15FN2O2/c1-14(2,13(18)19-3)12-16-8-11(17-12)9-4-6-10(15)7-5-9/h4-8H,1-3H3,(H,16,17). The zero-order chi connectivity index (χ0) is 14.0. The summed E-state index contributed by atoms with van der Waals surface area (Å²) in [7, 11) is 1.34. The molecule has 0 radical (unpaired) electrons. The summed E-state index contributed by atoms with van der Waals surface area (Å²) in [4.78, 5) is 19.0. The Balaban J connectivity index is 2.34. The molecule has 0 bridgehead atoms. The Labute approximate surface area is 110 Å². The molecule has 100 valence electrons. The van der Waals surface area contributed by atoms with Crippen LogP contribution in [0.1, 0.15) is 19.7 Å². The lowest BCUT2D eigenvalue weighted by Crippen LogP contribution is -2.31. The van der Waals surface area contributed by atoms with Crippen molar-refractivity contribution in [1.29, 1.82) is 0 Å². The third kappa shape index (κ3) is 2.50. The van der Waals surface area contributed by atoms with Gasteiger partial charge >= 0.3 is 5.97 Å². The van der Waals surface area contributed by atoms with Crippen molar-refractivity contribution in [2.24, 2.45) is 0 Å². The molecular formula is C14H15FN2O2. The summed E-state index contributed by atoms with van der Waals surface area (Å²) in [5, 5.41) is 0. The van der Waals surface area contributed by atoms with Gasteiger partial charge in [0.05, 0.1) is 19.0 Å². The van der Waals surface area contributed by atoms with Crippen LogP contribution >= 0.6 is 0 Å². The maximum absolute atomic E-state index is 12.9. The summed E-state index contributed by atoms with van der Waals surface area (Å²) in [6.45, 7) is 3.46. The number of carbonyl (C=O) groups is 1. The molecule has 0 fully saturated rings. The quantitative estimate of drug-likeness (QED) is 0.865. The number of H-pyrrole nitrogens is 1. The molecule has 19 heavy (non-hydrogen) atoms. The van der Waals surface area contributed by atoms with Crippen molar-refractivity contribution in [3.63, 3.8) is 0 Å². The first-order valence-corrected chi connectivity index (χ1v) is 5.85. The Bertz CT molecular complexity index is 588. The van der Waals surface area contributed by atoms with E-state index < -0.39 is 5.41 Å². The van der Waals surface area contributed by atoms with E-state index in [9.17, 15) is 9.18 Å². The number of imidazole rings is 1. The van der Waals surface area contributed by atoms with E-state index in [1.807, 2.05) is 0 Å². The lowest BCUT2D eigenvalue weighted by Gasteiger charge is -2.18. The number of halogens is 1. The second kappa shape index (κ2) is 4.84. The second-order valence-corrected chi connectivity index (χ2v) is 4.77. The topological polar surface area (TPSA) is 55.0 Å². The Hall–Kier alpha value is -2.17. The summed E-state index contributed by atoms with van der Waals surface area (Å²) >= 11 is 0. The number of nitrogens with zero attached hydrogens (tertiary/aromatic N) is 1. The number of hydrogen-bond acceptors (Lipinski definition) is 3. The first-order valence-electron chi connectivity index (χ1n) is 5.85. The molecular weight excluding hydrogens is 247 g/mol.